The fraction of sp³-hybridized carbons (Fsp3) is 0.800. The molecule has 4 unspecified atom stereocenters. The van der Waals surface area contributed by atoms with E-state index in [1.807, 2.05) is 0 Å². The van der Waals surface area contributed by atoms with Gasteiger partial charge in [0.15, 0.2) is 0 Å². The minimum atomic E-state index is -4.84. The average Bonchev–Trinajstić information content (AvgIpc) is 3.44. The molecule has 308 valence electrons. The van der Waals surface area contributed by atoms with Gasteiger partial charge in [0.1, 0.15) is 24.5 Å². The number of amides is 3. The van der Waals surface area contributed by atoms with Gasteiger partial charge < -0.3 is 43.3 Å². The number of phosphoric acid groups is 1. The van der Waals surface area contributed by atoms with E-state index in [9.17, 15) is 38.3 Å². The number of hydrogen-bond acceptors (Lipinski definition) is 9. The maximum Gasteiger partial charge on any atom is 0.469 e. The number of unbranched alkanes of at least 4 members (excludes halogenated alkanes) is 2. The van der Waals surface area contributed by atoms with Crippen LogP contribution in [0.4, 0.5) is 0 Å². The summed E-state index contributed by atoms with van der Waals surface area (Å²) in [6.07, 6.45) is 2.19. The summed E-state index contributed by atoms with van der Waals surface area (Å²) in [7, 11) is 8.97. The Morgan fingerprint density at radius 2 is 1.57 bits per heavy atom. The second-order valence-electron chi connectivity index (χ2n) is 16.4. The Hall–Kier alpha value is -2.96. The molecule has 4 atom stereocenters. The van der Waals surface area contributed by atoms with Crippen LogP contribution in [-0.4, -0.2) is 169 Å². The van der Waals surface area contributed by atoms with Gasteiger partial charge in [0.05, 0.1) is 68.5 Å². The van der Waals surface area contributed by atoms with E-state index in [1.54, 1.807) is 16.7 Å². The van der Waals surface area contributed by atoms with Crippen molar-refractivity contribution in [3.63, 3.8) is 0 Å². The number of rotatable bonds is 20. The molecule has 2 aliphatic heterocycles. The van der Waals surface area contributed by atoms with E-state index in [4.69, 9.17) is 14.0 Å². The van der Waals surface area contributed by atoms with Crippen molar-refractivity contribution < 1.29 is 51.7 Å². The van der Waals surface area contributed by atoms with Crippen molar-refractivity contribution in [1.82, 2.24) is 24.3 Å². The number of phosphoric ester groups is 1. The molecule has 0 radical (unpaired) electrons. The van der Waals surface area contributed by atoms with E-state index in [2.05, 4.69) is 47.6 Å². The van der Waals surface area contributed by atoms with Crippen LogP contribution in [-0.2, 0) is 39.5 Å². The largest absolute Gasteiger partial charge is 0.469 e. The molecule has 1 aromatic heterocycles. The first-order chi connectivity index (χ1) is 25.1. The number of nitrogens with one attached hydrogen (secondary N) is 1. The van der Waals surface area contributed by atoms with Crippen LogP contribution in [0.5, 0.6) is 0 Å². The number of methoxy groups -OCH3 is 1. The average molecular weight is 790 g/mol. The van der Waals surface area contributed by atoms with Gasteiger partial charge in [-0.1, -0.05) is 0 Å². The van der Waals surface area contributed by atoms with Gasteiger partial charge in [-0.15, -0.1) is 0 Å². The van der Waals surface area contributed by atoms with Crippen molar-refractivity contribution in [3.8, 4) is 0 Å². The Kier molecular flexibility index (Phi) is 16.6. The van der Waals surface area contributed by atoms with Gasteiger partial charge in [0.2, 0.25) is 17.7 Å². The van der Waals surface area contributed by atoms with Crippen molar-refractivity contribution in [1.29, 1.82) is 0 Å². The van der Waals surface area contributed by atoms with Gasteiger partial charge in [0.25, 0.3) is 5.56 Å². The van der Waals surface area contributed by atoms with E-state index in [-0.39, 0.29) is 49.4 Å². The SMILES string of the molecule is COCC1OC(n2cc(C)c(=O)n(CCCCCNC(=O)C3CN(C(=O)CCC[N+](C)(C)C)CCN3C(=O)CCC[N+](C)(C)C)c2=O)CC1OP(=O)(O)O. The van der Waals surface area contributed by atoms with Crippen LogP contribution in [0.2, 0.25) is 0 Å². The van der Waals surface area contributed by atoms with Crippen LogP contribution in [0, 0.1) is 6.92 Å². The normalized spacial score (nSPS) is 21.1. The number of aromatic nitrogens is 2. The summed E-state index contributed by atoms with van der Waals surface area (Å²) in [5.41, 5.74) is -0.797. The van der Waals surface area contributed by atoms with E-state index in [0.29, 0.717) is 58.2 Å². The summed E-state index contributed by atoms with van der Waals surface area (Å²) in [5.74, 6) is -0.439. The van der Waals surface area contributed by atoms with Gasteiger partial charge in [0, 0.05) is 77.2 Å². The van der Waals surface area contributed by atoms with Gasteiger partial charge in [-0.25, -0.2) is 9.36 Å². The van der Waals surface area contributed by atoms with Crippen molar-refractivity contribution in [3.05, 3.63) is 32.6 Å². The molecule has 54 heavy (non-hydrogen) atoms. The number of aryl methyl sites for hydroxylation is 1. The lowest BCUT2D eigenvalue weighted by Gasteiger charge is -2.41. The number of nitrogens with zero attached hydrogens (tertiary/aromatic N) is 6. The van der Waals surface area contributed by atoms with E-state index in [0.717, 1.165) is 33.0 Å². The lowest BCUT2D eigenvalue weighted by atomic mass is 10.1. The molecule has 2 saturated heterocycles. The van der Waals surface area contributed by atoms with Crippen LogP contribution in [0.15, 0.2) is 15.8 Å². The second-order valence-corrected chi connectivity index (χ2v) is 17.6. The Bertz CT molecular complexity index is 1600. The first-order valence-electron chi connectivity index (χ1n) is 18.8. The number of ether oxygens (including phenoxy) is 2. The standard InChI is InChI=1S/C35H62N7O11P/c1-26-23-40(32-22-28(53-54(48,49)50)29(52-32)25-51-8)35(47)39(34(26)46)17-11-9-10-16-36-33(45)27-24-37(30(43)14-12-20-41(2,3)4)18-19-38(27)31(44)15-13-21-42(5,6)7/h23,27-29,32H,9-22,24-25H2,1-8H3,(H-2,36,45,48,49,50)/p+2. The van der Waals surface area contributed by atoms with Gasteiger partial charge >= 0.3 is 13.5 Å². The Balaban J connectivity index is 1.60. The van der Waals surface area contributed by atoms with Crippen LogP contribution < -0.4 is 16.6 Å². The molecular formula is C35H64N7O11P+2. The van der Waals surface area contributed by atoms with Crippen molar-refractivity contribution in [2.24, 2.45) is 0 Å². The van der Waals surface area contributed by atoms with Crippen LogP contribution in [0.25, 0.3) is 0 Å². The van der Waals surface area contributed by atoms with Gasteiger partial charge in [-0.05, 0) is 26.2 Å². The molecule has 19 heteroatoms. The lowest BCUT2D eigenvalue weighted by molar-refractivity contribution is -0.870. The molecular weight excluding hydrogens is 725 g/mol. The quantitative estimate of drug-likeness (QED) is 0.0916. The van der Waals surface area contributed by atoms with E-state index < -0.39 is 43.5 Å². The first-order valence-corrected chi connectivity index (χ1v) is 20.3. The molecule has 0 bridgehead atoms. The number of piperazine rings is 1. The molecule has 2 aliphatic rings. The zero-order chi connectivity index (χ0) is 40.4. The maximum absolute atomic E-state index is 13.6. The fourth-order valence-corrected chi connectivity index (χ4v) is 7.35. The molecule has 18 nitrogen and oxygen atoms in total. The van der Waals surface area contributed by atoms with Crippen LogP contribution in [0.1, 0.15) is 63.2 Å². The molecule has 0 aliphatic carbocycles. The number of quaternary nitrogens is 2. The summed E-state index contributed by atoms with van der Waals surface area (Å²) in [5, 5.41) is 2.95. The molecule has 2 fully saturated rings. The highest BCUT2D eigenvalue weighted by atomic mass is 31.2. The van der Waals surface area contributed by atoms with Gasteiger partial charge in [-0.2, -0.15) is 0 Å². The third-order valence-electron chi connectivity index (χ3n) is 9.61. The van der Waals surface area contributed by atoms with E-state index >= 15 is 0 Å². The minimum absolute atomic E-state index is 0.0209. The second kappa shape index (κ2) is 19.8. The van der Waals surface area contributed by atoms with Gasteiger partial charge in [-0.3, -0.25) is 32.8 Å². The smallest absolute Gasteiger partial charge is 0.382 e. The fourth-order valence-electron chi connectivity index (χ4n) is 6.78. The zero-order valence-corrected chi connectivity index (χ0v) is 34.3. The maximum atomic E-state index is 13.6. The number of carbonyl (C=O) groups is 3. The number of hydrogen-bond donors (Lipinski definition) is 3. The highest BCUT2D eigenvalue weighted by Crippen LogP contribution is 2.43. The highest BCUT2D eigenvalue weighted by molar-refractivity contribution is 7.46. The van der Waals surface area contributed by atoms with Crippen molar-refractivity contribution in [2.75, 3.05) is 95.3 Å². The van der Waals surface area contributed by atoms with Crippen LogP contribution >= 0.6 is 7.82 Å². The highest BCUT2D eigenvalue weighted by Gasteiger charge is 2.41. The topological polar surface area (TPSA) is 199 Å². The Labute approximate surface area is 318 Å². The molecule has 3 amide bonds. The molecule has 0 aromatic carbocycles. The molecule has 0 spiro atoms. The predicted octanol–water partition coefficient (Wildman–Crippen LogP) is 0.0289. The molecule has 1 aromatic rings. The van der Waals surface area contributed by atoms with Crippen LogP contribution in [0.3, 0.4) is 0 Å². The summed E-state index contributed by atoms with van der Waals surface area (Å²) in [4.78, 5) is 88.4. The molecule has 3 rings (SSSR count). The summed E-state index contributed by atoms with van der Waals surface area (Å²) < 4.78 is 31.2. The summed E-state index contributed by atoms with van der Waals surface area (Å²) in [6.45, 7) is 4.43. The minimum Gasteiger partial charge on any atom is -0.382 e. The molecule has 3 N–H and O–H groups in total. The van der Waals surface area contributed by atoms with E-state index in [1.165, 1.54) is 17.9 Å². The van der Waals surface area contributed by atoms with Crippen molar-refractivity contribution >= 4 is 25.5 Å². The first kappa shape index (κ1) is 45.4. The monoisotopic (exact) mass is 789 g/mol. The third kappa shape index (κ3) is 14.3. The molecule has 3 heterocycles. The number of carbonyl (C=O) groups excluding carboxylic acids is 3. The Morgan fingerprint density at radius 3 is 2.17 bits per heavy atom. The van der Waals surface area contributed by atoms with Crippen molar-refractivity contribution in [2.45, 2.75) is 89.3 Å². The summed E-state index contributed by atoms with van der Waals surface area (Å²) >= 11 is 0. The molecule has 0 saturated carbocycles. The Morgan fingerprint density at radius 1 is 0.944 bits per heavy atom. The third-order valence-corrected chi connectivity index (χ3v) is 10.2. The lowest BCUT2D eigenvalue weighted by Crippen LogP contribution is -2.61. The zero-order valence-electron chi connectivity index (χ0n) is 33.4. The predicted molar refractivity (Wildman–Crippen MR) is 200 cm³/mol. The summed E-state index contributed by atoms with van der Waals surface area (Å²) in [6, 6.07) is -0.796.